The molecule has 0 aliphatic carbocycles. The number of hydrogen-bond acceptors (Lipinski definition) is 5. The summed E-state index contributed by atoms with van der Waals surface area (Å²) in [5, 5.41) is 0. The Morgan fingerprint density at radius 1 is 0.724 bits per heavy atom. The van der Waals surface area contributed by atoms with Crippen molar-refractivity contribution in [3.8, 4) is 0 Å². The monoisotopic (exact) mass is 480 g/mol. The number of quaternary nitrogens is 1. The summed E-state index contributed by atoms with van der Waals surface area (Å²) in [6, 6.07) is 0. The highest BCUT2D eigenvalue weighted by Crippen LogP contribution is 2.10. The van der Waals surface area contributed by atoms with E-state index >= 15 is 0 Å². The zero-order valence-corrected chi connectivity index (χ0v) is 21.1. The lowest BCUT2D eigenvalue weighted by Gasteiger charge is -2.32. The lowest BCUT2D eigenvalue weighted by atomic mass is 10.1. The minimum atomic E-state index is -0.212. The van der Waals surface area contributed by atoms with Gasteiger partial charge in [0.05, 0.1) is 54.2 Å². The summed E-state index contributed by atoms with van der Waals surface area (Å²) in [6.07, 6.45) is 11.4. The Labute approximate surface area is 189 Å². The van der Waals surface area contributed by atoms with Gasteiger partial charge in [0.25, 0.3) is 0 Å². The number of nitrogens with zero attached hydrogens (tertiary/aromatic N) is 2. The van der Waals surface area contributed by atoms with Crippen LogP contribution in [0.25, 0.3) is 0 Å². The van der Waals surface area contributed by atoms with Crippen LogP contribution in [-0.2, 0) is 19.1 Å². The van der Waals surface area contributed by atoms with Crippen LogP contribution in [0.5, 0.6) is 0 Å². The van der Waals surface area contributed by atoms with Crippen molar-refractivity contribution in [1.82, 2.24) is 4.90 Å². The van der Waals surface area contributed by atoms with Gasteiger partial charge in [-0.05, 0) is 12.8 Å². The number of rotatable bonds is 18. The number of carbonyl (C=O) groups is 2. The molecule has 174 valence electrons. The fraction of sp³-hybridized carbons (Fsp3) is 0.909. The molecule has 0 atom stereocenters. The average Bonchev–Trinajstić information content (AvgIpc) is 2.68. The summed E-state index contributed by atoms with van der Waals surface area (Å²) in [5.74, 6) is -0.425. The topological polar surface area (TPSA) is 55.8 Å². The molecule has 0 bridgehead atoms. The number of halogens is 1. The van der Waals surface area contributed by atoms with E-state index in [-0.39, 0.29) is 28.9 Å². The first-order valence-corrected chi connectivity index (χ1v) is 11.0. The molecule has 6 nitrogen and oxygen atoms in total. The van der Waals surface area contributed by atoms with Gasteiger partial charge < -0.3 is 30.9 Å². The van der Waals surface area contributed by atoms with Crippen molar-refractivity contribution in [3.63, 3.8) is 0 Å². The standard InChI is InChI=1S/C22H45N2O4.BrH/c1-6-7-8-9-10-11-12-13-19-24(2,3)20-18-23(16-14-21(25)27-4)17-15-22(26)28-5;/h6-20H2,1-5H3;1H/q+1;/p-1. The van der Waals surface area contributed by atoms with Gasteiger partial charge in [-0.1, -0.05) is 45.4 Å². The first-order valence-electron chi connectivity index (χ1n) is 11.0. The quantitative estimate of drug-likeness (QED) is 0.163. The van der Waals surface area contributed by atoms with Crippen LogP contribution >= 0.6 is 0 Å². The maximum Gasteiger partial charge on any atom is 0.306 e. The minimum Gasteiger partial charge on any atom is -1.00 e. The molecule has 0 saturated carbocycles. The molecule has 0 N–H and O–H groups in total. The van der Waals surface area contributed by atoms with Gasteiger partial charge in [0.1, 0.15) is 0 Å². The summed E-state index contributed by atoms with van der Waals surface area (Å²) in [5.41, 5.74) is 0. The number of methoxy groups -OCH3 is 2. The molecule has 0 unspecified atom stereocenters. The fourth-order valence-corrected chi connectivity index (χ4v) is 3.24. The van der Waals surface area contributed by atoms with Gasteiger partial charge in [-0.2, -0.15) is 0 Å². The zero-order chi connectivity index (χ0) is 21.3. The molecular formula is C22H45BrN2O4. The highest BCUT2D eigenvalue weighted by Gasteiger charge is 2.18. The van der Waals surface area contributed by atoms with Crippen molar-refractivity contribution in [2.45, 2.75) is 71.1 Å². The fourth-order valence-electron chi connectivity index (χ4n) is 3.24. The summed E-state index contributed by atoms with van der Waals surface area (Å²) in [4.78, 5) is 25.1. The average molecular weight is 482 g/mol. The van der Waals surface area contributed by atoms with Crippen molar-refractivity contribution in [1.29, 1.82) is 0 Å². The van der Waals surface area contributed by atoms with Crippen molar-refractivity contribution in [3.05, 3.63) is 0 Å². The number of ether oxygens (including phenoxy) is 2. The first kappa shape index (κ1) is 30.5. The van der Waals surface area contributed by atoms with Crippen LogP contribution in [0.1, 0.15) is 71.1 Å². The number of hydrogen-bond donors (Lipinski definition) is 0. The van der Waals surface area contributed by atoms with E-state index in [0.717, 1.165) is 24.1 Å². The molecule has 0 aromatic heterocycles. The Morgan fingerprint density at radius 2 is 1.17 bits per heavy atom. The molecule has 0 saturated heterocycles. The maximum atomic E-state index is 11.5. The lowest BCUT2D eigenvalue weighted by molar-refractivity contribution is -0.890. The molecule has 0 aromatic rings. The smallest absolute Gasteiger partial charge is 0.306 e. The van der Waals surface area contributed by atoms with Crippen molar-refractivity contribution < 1.29 is 40.5 Å². The van der Waals surface area contributed by atoms with Crippen LogP contribution in [0.15, 0.2) is 0 Å². The second kappa shape index (κ2) is 19.3. The van der Waals surface area contributed by atoms with Crippen LogP contribution < -0.4 is 17.0 Å². The molecule has 0 aliphatic rings. The van der Waals surface area contributed by atoms with Gasteiger partial charge in [0.2, 0.25) is 0 Å². The van der Waals surface area contributed by atoms with Crippen LogP contribution in [0.4, 0.5) is 0 Å². The van der Waals surface area contributed by atoms with Gasteiger partial charge in [-0.15, -0.1) is 0 Å². The lowest BCUT2D eigenvalue weighted by Crippen LogP contribution is -3.00. The van der Waals surface area contributed by atoms with Crippen molar-refractivity contribution >= 4 is 11.9 Å². The molecule has 0 aliphatic heterocycles. The van der Waals surface area contributed by atoms with Crippen LogP contribution in [-0.4, -0.2) is 82.4 Å². The summed E-state index contributed by atoms with van der Waals surface area (Å²) >= 11 is 0. The van der Waals surface area contributed by atoms with Crippen LogP contribution in [0, 0.1) is 0 Å². The maximum absolute atomic E-state index is 11.5. The molecule has 0 amide bonds. The third-order valence-electron chi connectivity index (χ3n) is 5.36. The second-order valence-corrected chi connectivity index (χ2v) is 8.35. The summed E-state index contributed by atoms with van der Waals surface area (Å²) < 4.78 is 10.4. The van der Waals surface area contributed by atoms with Gasteiger partial charge in [0.15, 0.2) is 0 Å². The van der Waals surface area contributed by atoms with Crippen LogP contribution in [0.2, 0.25) is 0 Å². The van der Waals surface area contributed by atoms with E-state index in [1.165, 1.54) is 65.6 Å². The van der Waals surface area contributed by atoms with E-state index < -0.39 is 0 Å². The molecule has 7 heteroatoms. The highest BCUT2D eigenvalue weighted by molar-refractivity contribution is 5.70. The largest absolute Gasteiger partial charge is 1.00 e. The molecule has 29 heavy (non-hydrogen) atoms. The Bertz CT molecular complexity index is 400. The van der Waals surface area contributed by atoms with E-state index in [1.807, 2.05) is 0 Å². The molecule has 0 rings (SSSR count). The van der Waals surface area contributed by atoms with E-state index in [4.69, 9.17) is 9.47 Å². The summed E-state index contributed by atoms with van der Waals surface area (Å²) in [7, 11) is 7.34. The number of esters is 2. The first-order chi connectivity index (χ1) is 13.3. The Hall–Kier alpha value is -0.660. The van der Waals surface area contributed by atoms with E-state index in [0.29, 0.717) is 25.9 Å². The summed E-state index contributed by atoms with van der Waals surface area (Å²) in [6.45, 7) is 6.50. The van der Waals surface area contributed by atoms with Crippen molar-refractivity contribution in [2.24, 2.45) is 0 Å². The Morgan fingerprint density at radius 3 is 1.62 bits per heavy atom. The van der Waals surface area contributed by atoms with E-state index in [9.17, 15) is 9.59 Å². The molecule has 0 radical (unpaired) electrons. The highest BCUT2D eigenvalue weighted by atomic mass is 79.9. The molecule has 0 aromatic carbocycles. The molecule has 0 heterocycles. The number of carbonyl (C=O) groups excluding carboxylic acids is 2. The zero-order valence-electron chi connectivity index (χ0n) is 19.5. The minimum absolute atomic E-state index is 0. The normalized spacial score (nSPS) is 11.2. The van der Waals surface area contributed by atoms with Crippen LogP contribution in [0.3, 0.4) is 0 Å². The number of likely N-dealkylation sites (N-methyl/N-ethyl adjacent to an activating group) is 1. The second-order valence-electron chi connectivity index (χ2n) is 8.35. The van der Waals surface area contributed by atoms with E-state index in [1.54, 1.807) is 0 Å². The Kier molecular flexibility index (Phi) is 20.3. The van der Waals surface area contributed by atoms with Gasteiger partial charge in [-0.3, -0.25) is 14.5 Å². The Balaban J connectivity index is 0. The van der Waals surface area contributed by atoms with Gasteiger partial charge in [-0.25, -0.2) is 0 Å². The molecular weight excluding hydrogens is 436 g/mol. The third-order valence-corrected chi connectivity index (χ3v) is 5.36. The predicted molar refractivity (Wildman–Crippen MR) is 114 cm³/mol. The predicted octanol–water partition coefficient (Wildman–Crippen LogP) is 0.636. The van der Waals surface area contributed by atoms with Crippen molar-refractivity contribution in [2.75, 3.05) is 61.0 Å². The van der Waals surface area contributed by atoms with Gasteiger partial charge in [0, 0.05) is 19.6 Å². The van der Waals surface area contributed by atoms with E-state index in [2.05, 4.69) is 25.9 Å². The SMILES string of the molecule is CCCCCCCCCC[N+](C)(C)CCN(CCC(=O)OC)CCC(=O)OC.[Br-]. The number of unbranched alkanes of at least 4 members (excludes halogenated alkanes) is 7. The third kappa shape index (κ3) is 19.1. The molecule has 0 fully saturated rings. The molecule has 0 spiro atoms. The van der Waals surface area contributed by atoms with Gasteiger partial charge >= 0.3 is 11.9 Å².